The van der Waals surface area contributed by atoms with Crippen molar-refractivity contribution in [2.45, 2.75) is 0 Å². The van der Waals surface area contributed by atoms with Crippen LogP contribution in [0.15, 0.2) is 47.5 Å². The molecule has 0 aliphatic carbocycles. The number of methoxy groups -OCH3 is 4. The minimum absolute atomic E-state index is 0.0264. The molecule has 2 aromatic rings. The molecule has 29 heavy (non-hydrogen) atoms. The van der Waals surface area contributed by atoms with Gasteiger partial charge < -0.3 is 18.9 Å². The van der Waals surface area contributed by atoms with Crippen molar-refractivity contribution in [1.82, 2.24) is 0 Å². The summed E-state index contributed by atoms with van der Waals surface area (Å²) < 4.78 is 21.5. The number of hydrogen-bond donors (Lipinski definition) is 0. The second-order valence-electron chi connectivity index (χ2n) is 6.38. The fourth-order valence-corrected chi connectivity index (χ4v) is 4.07. The quantitative estimate of drug-likeness (QED) is 0.651. The molecule has 5 nitrogen and oxygen atoms in total. The average molecular weight is 413 g/mol. The van der Waals surface area contributed by atoms with Gasteiger partial charge in [-0.25, -0.2) is 0 Å². The van der Waals surface area contributed by atoms with Gasteiger partial charge in [-0.3, -0.25) is 4.79 Å². The van der Waals surface area contributed by atoms with E-state index in [1.165, 1.54) is 0 Å². The maximum absolute atomic E-state index is 13.1. The zero-order chi connectivity index (χ0) is 20.8. The molecule has 0 unspecified atom stereocenters. The highest BCUT2D eigenvalue weighted by molar-refractivity contribution is 7.99. The Labute approximate surface area is 175 Å². The van der Waals surface area contributed by atoms with Crippen molar-refractivity contribution < 1.29 is 23.7 Å². The van der Waals surface area contributed by atoms with Gasteiger partial charge >= 0.3 is 0 Å². The number of hydrogen-bond acceptors (Lipinski definition) is 6. The van der Waals surface area contributed by atoms with E-state index < -0.39 is 0 Å². The molecular weight excluding hydrogens is 388 g/mol. The molecule has 1 aliphatic rings. The lowest BCUT2D eigenvalue weighted by Gasteiger charge is -2.18. The Bertz CT molecular complexity index is 886. The number of Topliss-reactive ketones (excluding diaryl/α,β-unsaturated/α-hetero) is 1. The van der Waals surface area contributed by atoms with Crippen molar-refractivity contribution in [2.75, 3.05) is 39.9 Å². The summed E-state index contributed by atoms with van der Waals surface area (Å²) in [6.07, 6.45) is 3.76. The Morgan fingerprint density at radius 2 is 1.17 bits per heavy atom. The molecule has 0 bridgehead atoms. The summed E-state index contributed by atoms with van der Waals surface area (Å²) in [4.78, 5) is 13.1. The molecule has 2 aromatic carbocycles. The summed E-state index contributed by atoms with van der Waals surface area (Å²) >= 11 is 1.70. The van der Waals surface area contributed by atoms with Crippen LogP contribution in [0.5, 0.6) is 23.0 Å². The zero-order valence-corrected chi connectivity index (χ0v) is 17.8. The average Bonchev–Trinajstić information content (AvgIpc) is 2.76. The van der Waals surface area contributed by atoms with Crippen LogP contribution in [-0.4, -0.2) is 45.7 Å². The molecule has 0 amide bonds. The van der Waals surface area contributed by atoms with Crippen LogP contribution in [0.25, 0.3) is 12.2 Å². The monoisotopic (exact) mass is 412 g/mol. The van der Waals surface area contributed by atoms with E-state index in [2.05, 4.69) is 0 Å². The van der Waals surface area contributed by atoms with Crippen molar-refractivity contribution in [3.8, 4) is 23.0 Å². The first kappa shape index (κ1) is 20.9. The Morgan fingerprint density at radius 1 is 0.724 bits per heavy atom. The van der Waals surface area contributed by atoms with Crippen LogP contribution in [-0.2, 0) is 4.79 Å². The zero-order valence-electron chi connectivity index (χ0n) is 17.0. The van der Waals surface area contributed by atoms with E-state index in [-0.39, 0.29) is 5.78 Å². The van der Waals surface area contributed by atoms with Crippen molar-refractivity contribution >= 4 is 29.7 Å². The summed E-state index contributed by atoms with van der Waals surface area (Å²) in [6.45, 7) is 0. The fraction of sp³-hybridized carbons (Fsp3) is 0.261. The van der Waals surface area contributed by atoms with Crippen molar-refractivity contribution in [3.05, 3.63) is 58.7 Å². The summed E-state index contributed by atoms with van der Waals surface area (Å²) in [6, 6.07) is 11.1. The van der Waals surface area contributed by atoms with E-state index in [9.17, 15) is 4.79 Å². The Kier molecular flexibility index (Phi) is 6.88. The van der Waals surface area contributed by atoms with Crippen LogP contribution >= 0.6 is 11.8 Å². The molecule has 152 valence electrons. The second kappa shape index (κ2) is 9.56. The lowest BCUT2D eigenvalue weighted by atomic mass is 9.99. The van der Waals surface area contributed by atoms with Crippen molar-refractivity contribution in [1.29, 1.82) is 0 Å². The number of carbonyl (C=O) groups is 1. The third-order valence-corrected chi connectivity index (χ3v) is 5.66. The molecule has 1 saturated heterocycles. The molecule has 1 fully saturated rings. The van der Waals surface area contributed by atoms with Gasteiger partial charge in [0.2, 0.25) is 0 Å². The van der Waals surface area contributed by atoms with Crippen LogP contribution in [0.4, 0.5) is 0 Å². The molecule has 0 radical (unpaired) electrons. The minimum Gasteiger partial charge on any atom is -0.497 e. The highest BCUT2D eigenvalue weighted by atomic mass is 32.2. The van der Waals surface area contributed by atoms with E-state index in [1.807, 2.05) is 48.6 Å². The fourth-order valence-electron chi connectivity index (χ4n) is 3.10. The number of carbonyl (C=O) groups excluding carboxylic acids is 1. The van der Waals surface area contributed by atoms with Crippen LogP contribution < -0.4 is 18.9 Å². The normalized spacial score (nSPS) is 16.8. The standard InChI is InChI=1S/C23H24O5S/c1-25-19-5-7-21(27-3)15(11-19)9-17-13-29-14-18(23(17)24)10-16-12-20(26-2)6-8-22(16)28-4/h5-12H,13-14H2,1-4H3/b17-9+,18-10+. The molecular formula is C23H24O5S. The van der Waals surface area contributed by atoms with Crippen molar-refractivity contribution in [2.24, 2.45) is 0 Å². The van der Waals surface area contributed by atoms with Gasteiger partial charge in [0.25, 0.3) is 0 Å². The molecule has 0 aromatic heterocycles. The molecule has 1 aliphatic heterocycles. The van der Waals surface area contributed by atoms with Gasteiger partial charge in [0, 0.05) is 33.8 Å². The summed E-state index contributed by atoms with van der Waals surface area (Å²) in [7, 11) is 6.45. The van der Waals surface area contributed by atoms with E-state index in [0.29, 0.717) is 34.5 Å². The first-order valence-electron chi connectivity index (χ1n) is 9.07. The molecule has 0 saturated carbocycles. The highest BCUT2D eigenvalue weighted by Crippen LogP contribution is 2.33. The molecule has 6 heteroatoms. The van der Waals surface area contributed by atoms with Gasteiger partial charge in [-0.05, 0) is 48.6 Å². The number of thioether (sulfide) groups is 1. The predicted octanol–water partition coefficient (Wildman–Crippen LogP) is 4.50. The molecule has 0 spiro atoms. The first-order chi connectivity index (χ1) is 14.1. The van der Waals surface area contributed by atoms with Gasteiger partial charge in [-0.1, -0.05) is 0 Å². The van der Waals surface area contributed by atoms with E-state index in [4.69, 9.17) is 18.9 Å². The number of benzene rings is 2. The highest BCUT2D eigenvalue weighted by Gasteiger charge is 2.22. The summed E-state index contributed by atoms with van der Waals surface area (Å²) in [5.74, 6) is 4.13. The molecule has 0 N–H and O–H groups in total. The van der Waals surface area contributed by atoms with Crippen LogP contribution in [0.1, 0.15) is 11.1 Å². The second-order valence-corrected chi connectivity index (χ2v) is 7.36. The van der Waals surface area contributed by atoms with E-state index in [1.54, 1.807) is 40.2 Å². The van der Waals surface area contributed by atoms with Crippen LogP contribution in [0.2, 0.25) is 0 Å². The maximum atomic E-state index is 13.1. The third-order valence-electron chi connectivity index (χ3n) is 4.63. The lowest BCUT2D eigenvalue weighted by Crippen LogP contribution is -2.16. The number of ether oxygens (including phenoxy) is 4. The molecule has 0 atom stereocenters. The first-order valence-corrected chi connectivity index (χ1v) is 10.2. The third kappa shape index (κ3) is 4.77. The summed E-state index contributed by atoms with van der Waals surface area (Å²) in [5.41, 5.74) is 3.08. The van der Waals surface area contributed by atoms with Gasteiger partial charge in [0.05, 0.1) is 28.4 Å². The Hall–Kier alpha value is -2.86. The SMILES string of the molecule is COc1ccc(OC)c(/C=C2\CSC/C(=C\c3cc(OC)ccc3OC)C2=O)c1. The van der Waals surface area contributed by atoms with Gasteiger partial charge in [-0.2, -0.15) is 11.8 Å². The lowest BCUT2D eigenvalue weighted by molar-refractivity contribution is -0.112. The van der Waals surface area contributed by atoms with Crippen LogP contribution in [0, 0.1) is 0 Å². The van der Waals surface area contributed by atoms with Gasteiger partial charge in [0.1, 0.15) is 23.0 Å². The topological polar surface area (TPSA) is 54.0 Å². The van der Waals surface area contributed by atoms with E-state index >= 15 is 0 Å². The van der Waals surface area contributed by atoms with Gasteiger partial charge in [0.15, 0.2) is 5.78 Å². The number of rotatable bonds is 6. The maximum Gasteiger partial charge on any atom is 0.186 e. The van der Waals surface area contributed by atoms with E-state index in [0.717, 1.165) is 22.3 Å². The number of ketones is 1. The predicted molar refractivity (Wildman–Crippen MR) is 117 cm³/mol. The van der Waals surface area contributed by atoms with Crippen LogP contribution in [0.3, 0.4) is 0 Å². The minimum atomic E-state index is 0.0264. The molecule has 3 rings (SSSR count). The Balaban J connectivity index is 1.98. The summed E-state index contributed by atoms with van der Waals surface area (Å²) in [5, 5.41) is 0. The van der Waals surface area contributed by atoms with Gasteiger partial charge in [-0.15, -0.1) is 0 Å². The Morgan fingerprint density at radius 3 is 1.55 bits per heavy atom. The smallest absolute Gasteiger partial charge is 0.186 e. The largest absolute Gasteiger partial charge is 0.497 e. The molecule has 1 heterocycles. The van der Waals surface area contributed by atoms with Crippen molar-refractivity contribution in [3.63, 3.8) is 0 Å².